The fraction of sp³-hybridized carbons (Fsp3) is 0.476. The zero-order valence-electron chi connectivity index (χ0n) is 16.1. The highest BCUT2D eigenvalue weighted by Crippen LogP contribution is 2.25. The van der Waals surface area contributed by atoms with Crippen LogP contribution in [0.4, 0.5) is 0 Å². The van der Waals surface area contributed by atoms with Gasteiger partial charge >= 0.3 is 0 Å². The van der Waals surface area contributed by atoms with Gasteiger partial charge in [-0.2, -0.15) is 5.26 Å². The molecule has 0 N–H and O–H groups in total. The maximum Gasteiger partial charge on any atom is 0.228 e. The maximum atomic E-state index is 12.7. The number of carbonyl (C=O) groups is 1. The van der Waals surface area contributed by atoms with Crippen LogP contribution in [0, 0.1) is 16.7 Å². The molecule has 0 saturated heterocycles. The molecular formula is C21H27N3OS. The van der Waals surface area contributed by atoms with Gasteiger partial charge in [0, 0.05) is 24.0 Å². The van der Waals surface area contributed by atoms with Gasteiger partial charge in [-0.05, 0) is 17.4 Å². The van der Waals surface area contributed by atoms with Crippen molar-refractivity contribution >= 4 is 17.2 Å². The Morgan fingerprint density at radius 2 is 1.96 bits per heavy atom. The summed E-state index contributed by atoms with van der Waals surface area (Å²) in [7, 11) is 0. The van der Waals surface area contributed by atoms with E-state index in [0.717, 1.165) is 22.7 Å². The molecule has 0 atom stereocenters. The quantitative estimate of drug-likeness (QED) is 0.710. The van der Waals surface area contributed by atoms with Gasteiger partial charge in [0.2, 0.25) is 5.91 Å². The van der Waals surface area contributed by atoms with Crippen LogP contribution in [0.25, 0.3) is 10.6 Å². The van der Waals surface area contributed by atoms with Crippen molar-refractivity contribution in [3.05, 3.63) is 40.9 Å². The van der Waals surface area contributed by atoms with E-state index >= 15 is 0 Å². The largest absolute Gasteiger partial charge is 0.341 e. The lowest BCUT2D eigenvalue weighted by molar-refractivity contribution is -0.131. The van der Waals surface area contributed by atoms with Gasteiger partial charge in [-0.1, -0.05) is 52.0 Å². The molecule has 1 aromatic carbocycles. The Hall–Kier alpha value is -2.19. The van der Waals surface area contributed by atoms with Gasteiger partial charge in [0.25, 0.3) is 0 Å². The third-order valence-corrected chi connectivity index (χ3v) is 4.94. The molecule has 26 heavy (non-hydrogen) atoms. The average molecular weight is 370 g/mol. The predicted octanol–water partition coefficient (Wildman–Crippen LogP) is 4.70. The highest BCUT2D eigenvalue weighted by Gasteiger charge is 2.21. The Bertz CT molecular complexity index is 766. The van der Waals surface area contributed by atoms with Crippen molar-refractivity contribution in [1.29, 1.82) is 5.26 Å². The number of amides is 1. The molecule has 0 spiro atoms. The highest BCUT2D eigenvalue weighted by molar-refractivity contribution is 7.13. The number of nitrogens with zero attached hydrogens (tertiary/aromatic N) is 3. The molecule has 0 bridgehead atoms. The minimum absolute atomic E-state index is 0.000621. The molecule has 1 aromatic heterocycles. The smallest absolute Gasteiger partial charge is 0.228 e. The number of aromatic nitrogens is 1. The van der Waals surface area contributed by atoms with E-state index < -0.39 is 0 Å². The summed E-state index contributed by atoms with van der Waals surface area (Å²) < 4.78 is 0. The van der Waals surface area contributed by atoms with E-state index in [4.69, 9.17) is 5.26 Å². The van der Waals surface area contributed by atoms with Crippen molar-refractivity contribution in [2.75, 3.05) is 13.1 Å². The van der Waals surface area contributed by atoms with Crippen molar-refractivity contribution in [3.63, 3.8) is 0 Å². The Morgan fingerprint density at radius 1 is 1.27 bits per heavy atom. The minimum Gasteiger partial charge on any atom is -0.341 e. The first-order valence-corrected chi connectivity index (χ1v) is 9.89. The van der Waals surface area contributed by atoms with Gasteiger partial charge in [-0.3, -0.25) is 4.79 Å². The summed E-state index contributed by atoms with van der Waals surface area (Å²) in [4.78, 5) is 19.1. The lowest BCUT2D eigenvalue weighted by Crippen LogP contribution is -2.39. The fourth-order valence-electron chi connectivity index (χ4n) is 2.72. The fourth-order valence-corrected chi connectivity index (χ4v) is 3.55. The van der Waals surface area contributed by atoms with E-state index in [1.807, 2.05) is 5.38 Å². The van der Waals surface area contributed by atoms with Gasteiger partial charge < -0.3 is 4.90 Å². The predicted molar refractivity (Wildman–Crippen MR) is 107 cm³/mol. The maximum absolute atomic E-state index is 12.7. The van der Waals surface area contributed by atoms with Crippen LogP contribution in [-0.2, 0) is 17.6 Å². The topological polar surface area (TPSA) is 57.0 Å². The van der Waals surface area contributed by atoms with Crippen LogP contribution >= 0.6 is 11.3 Å². The SMILES string of the molecule is CCc1ccc(-c2nc(CC(=O)N(CCC#N)CC(C)(C)C)cs2)cc1. The second kappa shape index (κ2) is 8.95. The Labute approximate surface area is 160 Å². The molecule has 0 aliphatic heterocycles. The van der Waals surface area contributed by atoms with Crippen LogP contribution in [0.15, 0.2) is 29.6 Å². The van der Waals surface area contributed by atoms with Crippen LogP contribution in [0.3, 0.4) is 0 Å². The van der Waals surface area contributed by atoms with Crippen LogP contribution < -0.4 is 0 Å². The van der Waals surface area contributed by atoms with Gasteiger partial charge in [0.1, 0.15) is 5.01 Å². The molecule has 4 nitrogen and oxygen atoms in total. The zero-order valence-corrected chi connectivity index (χ0v) is 16.9. The van der Waals surface area contributed by atoms with Crippen LogP contribution in [-0.4, -0.2) is 28.9 Å². The van der Waals surface area contributed by atoms with Gasteiger partial charge in [-0.15, -0.1) is 11.3 Å². The standard InChI is InChI=1S/C21H27N3OS/c1-5-16-7-9-17(10-8-16)20-23-18(14-26-20)13-19(25)24(12-6-11-22)15-21(2,3)4/h7-10,14H,5-6,12-13,15H2,1-4H3. The second-order valence-corrected chi connectivity index (χ2v) is 8.51. The van der Waals surface area contributed by atoms with E-state index in [-0.39, 0.29) is 17.7 Å². The summed E-state index contributed by atoms with van der Waals surface area (Å²) in [5.41, 5.74) is 3.18. The van der Waals surface area contributed by atoms with Crippen molar-refractivity contribution in [2.24, 2.45) is 5.41 Å². The number of carbonyl (C=O) groups excluding carboxylic acids is 1. The minimum atomic E-state index is -0.000621. The Kier molecular flexibility index (Phi) is 6.93. The van der Waals surface area contributed by atoms with Crippen LogP contribution in [0.2, 0.25) is 0 Å². The lowest BCUT2D eigenvalue weighted by atomic mass is 9.95. The molecule has 0 aliphatic rings. The molecule has 0 aliphatic carbocycles. The Morgan fingerprint density at radius 3 is 2.54 bits per heavy atom. The first-order chi connectivity index (χ1) is 12.3. The van der Waals surface area contributed by atoms with Crippen molar-refractivity contribution in [3.8, 4) is 16.6 Å². The average Bonchev–Trinajstić information content (AvgIpc) is 3.06. The molecule has 1 heterocycles. The third kappa shape index (κ3) is 5.96. The Balaban J connectivity index is 2.07. The molecule has 0 saturated carbocycles. The summed E-state index contributed by atoms with van der Waals surface area (Å²) in [6, 6.07) is 10.5. The van der Waals surface area contributed by atoms with E-state index in [1.54, 1.807) is 16.2 Å². The summed E-state index contributed by atoms with van der Waals surface area (Å²) in [5.74, 6) is 0.0355. The number of hydrogen-bond acceptors (Lipinski definition) is 4. The van der Waals surface area contributed by atoms with Gasteiger partial charge in [0.15, 0.2) is 0 Å². The van der Waals surface area contributed by atoms with Crippen LogP contribution in [0.1, 0.15) is 45.4 Å². The molecule has 1 amide bonds. The molecular weight excluding hydrogens is 342 g/mol. The monoisotopic (exact) mass is 369 g/mol. The van der Waals surface area contributed by atoms with Crippen LogP contribution in [0.5, 0.6) is 0 Å². The van der Waals surface area contributed by atoms with E-state index in [9.17, 15) is 4.79 Å². The number of nitriles is 1. The second-order valence-electron chi connectivity index (χ2n) is 7.66. The number of aryl methyl sites for hydroxylation is 1. The first-order valence-electron chi connectivity index (χ1n) is 9.01. The van der Waals surface area contributed by atoms with Gasteiger partial charge in [0.05, 0.1) is 24.6 Å². The first kappa shape index (κ1) is 20.1. The summed E-state index contributed by atoms with van der Waals surface area (Å²) >= 11 is 1.57. The molecule has 0 radical (unpaired) electrons. The van der Waals surface area contributed by atoms with Crippen molar-refractivity contribution in [2.45, 2.75) is 47.0 Å². The number of hydrogen-bond donors (Lipinski definition) is 0. The number of rotatable bonds is 7. The van der Waals surface area contributed by atoms with E-state index in [1.165, 1.54) is 5.56 Å². The molecule has 2 rings (SSSR count). The summed E-state index contributed by atoms with van der Waals surface area (Å²) in [6.45, 7) is 9.55. The molecule has 0 fully saturated rings. The number of thiazole rings is 1. The van der Waals surface area contributed by atoms with Crippen molar-refractivity contribution in [1.82, 2.24) is 9.88 Å². The van der Waals surface area contributed by atoms with E-state index in [2.05, 4.69) is 63.0 Å². The summed E-state index contributed by atoms with van der Waals surface area (Å²) in [6.07, 6.45) is 1.66. The molecule has 138 valence electrons. The zero-order chi connectivity index (χ0) is 19.2. The van der Waals surface area contributed by atoms with Gasteiger partial charge in [-0.25, -0.2) is 4.98 Å². The highest BCUT2D eigenvalue weighted by atomic mass is 32.1. The molecule has 2 aromatic rings. The lowest BCUT2D eigenvalue weighted by Gasteiger charge is -2.29. The molecule has 0 unspecified atom stereocenters. The normalized spacial score (nSPS) is 11.2. The van der Waals surface area contributed by atoms with Crippen molar-refractivity contribution < 1.29 is 4.79 Å². The third-order valence-electron chi connectivity index (χ3n) is 4.00. The number of benzene rings is 1. The summed E-state index contributed by atoms with van der Waals surface area (Å²) in [5, 5.41) is 11.8. The molecule has 5 heteroatoms. The van der Waals surface area contributed by atoms with E-state index in [0.29, 0.717) is 19.5 Å².